The van der Waals surface area contributed by atoms with Gasteiger partial charge < -0.3 is 19.7 Å². The van der Waals surface area contributed by atoms with Crippen LogP contribution in [0.15, 0.2) is 36.4 Å². The standard InChI is InChI=1S/C21H28ClFN2O2.2ClH/c1-4-25(5-2)11-10-24-14-17-12-19(22)21(20(13-17)26-3)27-15-16-6-8-18(23)9-7-16;;/h6-9,12-13,24H,4-5,10-11,14-15H2,1-3H3;2*1H. The Kier molecular flexibility index (Phi) is 14.1. The summed E-state index contributed by atoms with van der Waals surface area (Å²) in [6, 6.07) is 9.99. The fraction of sp³-hybridized carbons (Fsp3) is 0.429. The molecule has 0 spiro atoms. The molecule has 0 bridgehead atoms. The van der Waals surface area contributed by atoms with Gasteiger partial charge in [-0.25, -0.2) is 4.39 Å². The maximum absolute atomic E-state index is 13.0. The number of halogens is 4. The molecule has 2 aromatic rings. The number of hydrogen-bond donors (Lipinski definition) is 1. The van der Waals surface area contributed by atoms with Crippen LogP contribution in [0.3, 0.4) is 0 Å². The summed E-state index contributed by atoms with van der Waals surface area (Å²) < 4.78 is 24.3. The van der Waals surface area contributed by atoms with Gasteiger partial charge >= 0.3 is 0 Å². The van der Waals surface area contributed by atoms with E-state index in [2.05, 4.69) is 24.1 Å². The van der Waals surface area contributed by atoms with Crippen molar-refractivity contribution < 1.29 is 13.9 Å². The van der Waals surface area contributed by atoms with Crippen molar-refractivity contribution in [2.75, 3.05) is 33.3 Å². The lowest BCUT2D eigenvalue weighted by molar-refractivity contribution is 0.284. The highest BCUT2D eigenvalue weighted by Gasteiger charge is 2.12. The summed E-state index contributed by atoms with van der Waals surface area (Å²) in [6.07, 6.45) is 0. The SMILES string of the molecule is CCN(CC)CCNCc1cc(Cl)c(OCc2ccc(F)cc2)c(OC)c1.Cl.Cl. The number of ether oxygens (including phenoxy) is 2. The summed E-state index contributed by atoms with van der Waals surface area (Å²) in [5.74, 6) is 0.813. The molecule has 0 aliphatic heterocycles. The van der Waals surface area contributed by atoms with E-state index in [1.165, 1.54) is 12.1 Å². The predicted molar refractivity (Wildman–Crippen MR) is 123 cm³/mol. The predicted octanol–water partition coefficient (Wildman–Crippen LogP) is 5.34. The summed E-state index contributed by atoms with van der Waals surface area (Å²) >= 11 is 6.41. The third-order valence-corrected chi connectivity index (χ3v) is 4.69. The van der Waals surface area contributed by atoms with Crippen molar-refractivity contribution in [3.63, 3.8) is 0 Å². The molecule has 0 aliphatic carbocycles. The Morgan fingerprint density at radius 3 is 2.28 bits per heavy atom. The normalized spacial score (nSPS) is 10.3. The fourth-order valence-corrected chi connectivity index (χ4v) is 3.05. The number of hydrogen-bond acceptors (Lipinski definition) is 4. The van der Waals surface area contributed by atoms with Gasteiger partial charge in [-0.3, -0.25) is 0 Å². The first-order valence-electron chi connectivity index (χ1n) is 9.24. The molecule has 29 heavy (non-hydrogen) atoms. The molecule has 2 rings (SSSR count). The average molecular weight is 468 g/mol. The van der Waals surface area contributed by atoms with Crippen LogP contribution in [-0.4, -0.2) is 38.2 Å². The second-order valence-corrected chi connectivity index (χ2v) is 6.64. The molecule has 0 saturated heterocycles. The van der Waals surface area contributed by atoms with Gasteiger partial charge in [-0.15, -0.1) is 24.8 Å². The highest BCUT2D eigenvalue weighted by molar-refractivity contribution is 6.32. The third-order valence-electron chi connectivity index (χ3n) is 4.41. The molecular formula is C21H30Cl3FN2O2. The van der Waals surface area contributed by atoms with Gasteiger partial charge in [0.05, 0.1) is 12.1 Å². The van der Waals surface area contributed by atoms with Crippen LogP contribution in [0.1, 0.15) is 25.0 Å². The van der Waals surface area contributed by atoms with Gasteiger partial charge in [0.1, 0.15) is 12.4 Å². The number of rotatable bonds is 11. The summed E-state index contributed by atoms with van der Waals surface area (Å²) in [6.45, 7) is 9.35. The van der Waals surface area contributed by atoms with E-state index in [1.54, 1.807) is 19.2 Å². The van der Waals surface area contributed by atoms with E-state index in [1.807, 2.05) is 12.1 Å². The van der Waals surface area contributed by atoms with Crippen LogP contribution in [0.5, 0.6) is 11.5 Å². The van der Waals surface area contributed by atoms with Crippen molar-refractivity contribution in [2.24, 2.45) is 0 Å². The van der Waals surface area contributed by atoms with Crippen molar-refractivity contribution in [1.29, 1.82) is 0 Å². The lowest BCUT2D eigenvalue weighted by Crippen LogP contribution is -2.31. The Hall–Kier alpha value is -1.24. The number of benzene rings is 2. The van der Waals surface area contributed by atoms with Crippen LogP contribution in [0.25, 0.3) is 0 Å². The van der Waals surface area contributed by atoms with Gasteiger partial charge in [-0.1, -0.05) is 37.6 Å². The molecule has 1 N–H and O–H groups in total. The van der Waals surface area contributed by atoms with Crippen LogP contribution >= 0.6 is 36.4 Å². The number of nitrogens with one attached hydrogen (secondary N) is 1. The summed E-state index contributed by atoms with van der Waals surface area (Å²) in [5.41, 5.74) is 1.89. The van der Waals surface area contributed by atoms with Gasteiger partial charge in [0, 0.05) is 19.6 Å². The van der Waals surface area contributed by atoms with E-state index >= 15 is 0 Å². The zero-order chi connectivity index (χ0) is 19.6. The van der Waals surface area contributed by atoms with Crippen LogP contribution in [-0.2, 0) is 13.2 Å². The number of likely N-dealkylation sites (N-methyl/N-ethyl adjacent to an activating group) is 1. The molecule has 164 valence electrons. The lowest BCUT2D eigenvalue weighted by atomic mass is 10.2. The number of nitrogens with zero attached hydrogens (tertiary/aromatic N) is 1. The van der Waals surface area contributed by atoms with E-state index in [4.69, 9.17) is 21.1 Å². The molecule has 8 heteroatoms. The van der Waals surface area contributed by atoms with Crippen molar-refractivity contribution in [1.82, 2.24) is 10.2 Å². The average Bonchev–Trinajstić information content (AvgIpc) is 2.68. The molecular weight excluding hydrogens is 438 g/mol. The first-order chi connectivity index (χ1) is 13.1. The summed E-state index contributed by atoms with van der Waals surface area (Å²) in [7, 11) is 1.59. The van der Waals surface area contributed by atoms with Crippen molar-refractivity contribution in [3.8, 4) is 11.5 Å². The Balaban J connectivity index is 0.00000392. The molecule has 0 aromatic heterocycles. The molecule has 0 aliphatic rings. The monoisotopic (exact) mass is 466 g/mol. The van der Waals surface area contributed by atoms with Gasteiger partial charge in [0.15, 0.2) is 11.5 Å². The zero-order valence-corrected chi connectivity index (χ0v) is 19.4. The fourth-order valence-electron chi connectivity index (χ4n) is 2.76. The molecule has 0 atom stereocenters. The van der Waals surface area contributed by atoms with E-state index < -0.39 is 0 Å². The Labute approximate surface area is 190 Å². The molecule has 4 nitrogen and oxygen atoms in total. The van der Waals surface area contributed by atoms with Crippen LogP contribution in [0.2, 0.25) is 5.02 Å². The maximum Gasteiger partial charge on any atom is 0.180 e. The van der Waals surface area contributed by atoms with Gasteiger partial charge in [0.2, 0.25) is 0 Å². The Morgan fingerprint density at radius 2 is 1.69 bits per heavy atom. The quantitative estimate of drug-likeness (QED) is 0.452. The van der Waals surface area contributed by atoms with E-state index in [-0.39, 0.29) is 37.2 Å². The van der Waals surface area contributed by atoms with Gasteiger partial charge in [-0.2, -0.15) is 0 Å². The molecule has 0 unspecified atom stereocenters. The molecule has 0 fully saturated rings. The highest BCUT2D eigenvalue weighted by Crippen LogP contribution is 2.37. The third kappa shape index (κ3) is 8.97. The first kappa shape index (κ1) is 27.8. The van der Waals surface area contributed by atoms with E-state index in [9.17, 15) is 4.39 Å². The minimum absolute atomic E-state index is 0. The van der Waals surface area contributed by atoms with E-state index in [0.717, 1.165) is 37.3 Å². The summed E-state index contributed by atoms with van der Waals surface area (Å²) in [5, 5.41) is 3.93. The second kappa shape index (κ2) is 14.7. The van der Waals surface area contributed by atoms with Crippen LogP contribution in [0, 0.1) is 5.82 Å². The van der Waals surface area contributed by atoms with Crippen LogP contribution < -0.4 is 14.8 Å². The number of methoxy groups -OCH3 is 1. The minimum atomic E-state index is -0.271. The maximum atomic E-state index is 13.0. The molecule has 0 heterocycles. The Morgan fingerprint density at radius 1 is 1.03 bits per heavy atom. The van der Waals surface area contributed by atoms with Crippen LogP contribution in [0.4, 0.5) is 4.39 Å². The topological polar surface area (TPSA) is 33.7 Å². The van der Waals surface area contributed by atoms with Gasteiger partial charge in [-0.05, 0) is 48.5 Å². The smallest absolute Gasteiger partial charge is 0.180 e. The highest BCUT2D eigenvalue weighted by atomic mass is 35.5. The Bertz CT molecular complexity index is 714. The zero-order valence-electron chi connectivity index (χ0n) is 17.0. The first-order valence-corrected chi connectivity index (χ1v) is 9.61. The summed E-state index contributed by atoms with van der Waals surface area (Å²) in [4.78, 5) is 2.37. The van der Waals surface area contributed by atoms with Gasteiger partial charge in [0.25, 0.3) is 0 Å². The molecule has 0 saturated carbocycles. The minimum Gasteiger partial charge on any atom is -0.493 e. The molecule has 0 amide bonds. The van der Waals surface area contributed by atoms with Crippen molar-refractivity contribution in [2.45, 2.75) is 27.0 Å². The largest absolute Gasteiger partial charge is 0.493 e. The molecule has 2 aromatic carbocycles. The van der Waals surface area contributed by atoms with E-state index in [0.29, 0.717) is 23.1 Å². The second-order valence-electron chi connectivity index (χ2n) is 6.23. The molecule has 0 radical (unpaired) electrons. The lowest BCUT2D eigenvalue weighted by Gasteiger charge is -2.18. The van der Waals surface area contributed by atoms with Crippen molar-refractivity contribution in [3.05, 3.63) is 58.4 Å². The van der Waals surface area contributed by atoms with Crippen molar-refractivity contribution >= 4 is 36.4 Å².